The number of ether oxygens (including phenoxy) is 2. The van der Waals surface area contributed by atoms with Crippen molar-refractivity contribution in [1.29, 1.82) is 0 Å². The van der Waals surface area contributed by atoms with E-state index < -0.39 is 0 Å². The Labute approximate surface area is 94.4 Å². The Morgan fingerprint density at radius 1 is 1.19 bits per heavy atom. The topological polar surface area (TPSA) is 95.2 Å². The van der Waals surface area contributed by atoms with E-state index in [0.29, 0.717) is 12.5 Å². The predicted octanol–water partition coefficient (Wildman–Crippen LogP) is 0.0380. The van der Waals surface area contributed by atoms with E-state index in [0.717, 1.165) is 6.42 Å². The van der Waals surface area contributed by atoms with Gasteiger partial charge in [-0.05, 0) is 13.3 Å². The molecule has 0 aromatic carbocycles. The van der Waals surface area contributed by atoms with Gasteiger partial charge in [0, 0.05) is 12.6 Å². The number of rotatable bonds is 6. The molecule has 0 aliphatic carbocycles. The molecule has 0 bridgehead atoms. The molecule has 0 spiro atoms. The van der Waals surface area contributed by atoms with Crippen LogP contribution in [-0.4, -0.2) is 41.8 Å². The summed E-state index contributed by atoms with van der Waals surface area (Å²) in [5.74, 6) is 0.421. The summed E-state index contributed by atoms with van der Waals surface area (Å²) in [5, 5.41) is 3.02. The lowest BCUT2D eigenvalue weighted by Crippen LogP contribution is -2.20. The molecule has 90 valence electrons. The number of hydrogen-bond donors (Lipinski definition) is 2. The summed E-state index contributed by atoms with van der Waals surface area (Å²) >= 11 is 0. The first-order valence-corrected chi connectivity index (χ1v) is 4.99. The van der Waals surface area contributed by atoms with Gasteiger partial charge in [0.15, 0.2) is 0 Å². The van der Waals surface area contributed by atoms with Crippen molar-refractivity contribution in [2.45, 2.75) is 19.4 Å². The van der Waals surface area contributed by atoms with Crippen molar-refractivity contribution in [3.63, 3.8) is 0 Å². The molecule has 7 heteroatoms. The van der Waals surface area contributed by atoms with Gasteiger partial charge in [-0.2, -0.15) is 9.97 Å². The maximum Gasteiger partial charge on any atom is 0.324 e. The number of anilines is 1. The molecule has 0 saturated heterocycles. The van der Waals surface area contributed by atoms with Crippen LogP contribution in [0.15, 0.2) is 0 Å². The Balaban J connectivity index is 2.64. The Morgan fingerprint density at radius 2 is 1.75 bits per heavy atom. The van der Waals surface area contributed by atoms with Gasteiger partial charge in [0.1, 0.15) is 0 Å². The largest absolute Gasteiger partial charge is 0.467 e. The maximum atomic E-state index is 5.63. The van der Waals surface area contributed by atoms with Gasteiger partial charge in [-0.15, -0.1) is 4.98 Å². The third-order valence-corrected chi connectivity index (χ3v) is 1.84. The van der Waals surface area contributed by atoms with E-state index in [1.807, 2.05) is 6.92 Å². The molecule has 16 heavy (non-hydrogen) atoms. The van der Waals surface area contributed by atoms with Gasteiger partial charge in [-0.3, -0.25) is 0 Å². The van der Waals surface area contributed by atoms with Crippen LogP contribution in [0.25, 0.3) is 0 Å². The zero-order valence-corrected chi connectivity index (χ0v) is 9.73. The fraction of sp³-hybridized carbons (Fsp3) is 0.667. The standard InChI is InChI=1S/C9H17N5O2/c1-6(10)4-5-11-7-12-8(15-2)14-9(13-7)16-3/h6H,4-5,10H2,1-3H3,(H,11,12,13,14). The molecule has 0 fully saturated rings. The third-order valence-electron chi connectivity index (χ3n) is 1.84. The normalized spacial score (nSPS) is 12.0. The van der Waals surface area contributed by atoms with Crippen LogP contribution in [0.4, 0.5) is 5.95 Å². The number of hydrogen-bond acceptors (Lipinski definition) is 7. The van der Waals surface area contributed by atoms with Gasteiger partial charge in [0.2, 0.25) is 5.95 Å². The van der Waals surface area contributed by atoms with Crippen LogP contribution in [-0.2, 0) is 0 Å². The molecule has 0 radical (unpaired) electrons. The van der Waals surface area contributed by atoms with Gasteiger partial charge in [-0.1, -0.05) is 0 Å². The molecule has 7 nitrogen and oxygen atoms in total. The Morgan fingerprint density at radius 3 is 2.19 bits per heavy atom. The third kappa shape index (κ3) is 3.85. The lowest BCUT2D eigenvalue weighted by molar-refractivity contribution is 0.341. The highest BCUT2D eigenvalue weighted by Crippen LogP contribution is 2.11. The van der Waals surface area contributed by atoms with Crippen LogP contribution in [0.3, 0.4) is 0 Å². The molecule has 1 heterocycles. The van der Waals surface area contributed by atoms with Gasteiger partial charge in [0.25, 0.3) is 0 Å². The molecule has 0 saturated carbocycles. The summed E-state index contributed by atoms with van der Waals surface area (Å²) in [7, 11) is 2.97. The van der Waals surface area contributed by atoms with Gasteiger partial charge in [-0.25, -0.2) is 0 Å². The average molecular weight is 227 g/mol. The predicted molar refractivity (Wildman–Crippen MR) is 59.7 cm³/mol. The molecule has 1 aromatic rings. The van der Waals surface area contributed by atoms with Crippen molar-refractivity contribution in [2.24, 2.45) is 5.73 Å². The summed E-state index contributed by atoms with van der Waals surface area (Å²) < 4.78 is 9.84. The van der Waals surface area contributed by atoms with Crippen LogP contribution >= 0.6 is 0 Å². The molecule has 1 aromatic heterocycles. The van der Waals surface area contributed by atoms with E-state index >= 15 is 0 Å². The second kappa shape index (κ2) is 6.06. The van der Waals surface area contributed by atoms with Crippen LogP contribution in [0.5, 0.6) is 12.0 Å². The van der Waals surface area contributed by atoms with E-state index in [4.69, 9.17) is 15.2 Å². The zero-order valence-electron chi connectivity index (χ0n) is 9.73. The monoisotopic (exact) mass is 227 g/mol. The molecule has 1 rings (SSSR count). The molecule has 0 aliphatic rings. The molecule has 1 atom stereocenters. The Kier molecular flexibility index (Phi) is 4.71. The first-order valence-electron chi connectivity index (χ1n) is 4.99. The number of methoxy groups -OCH3 is 2. The van der Waals surface area contributed by atoms with Gasteiger partial charge < -0.3 is 20.5 Å². The molecule has 3 N–H and O–H groups in total. The van der Waals surface area contributed by atoms with Crippen LogP contribution in [0.1, 0.15) is 13.3 Å². The van der Waals surface area contributed by atoms with Crippen molar-refractivity contribution in [3.8, 4) is 12.0 Å². The minimum atomic E-state index is 0.137. The zero-order chi connectivity index (χ0) is 12.0. The minimum absolute atomic E-state index is 0.137. The molecular formula is C9H17N5O2. The van der Waals surface area contributed by atoms with Crippen molar-refractivity contribution < 1.29 is 9.47 Å². The van der Waals surface area contributed by atoms with Crippen LogP contribution < -0.4 is 20.5 Å². The average Bonchev–Trinajstić information content (AvgIpc) is 2.28. The van der Waals surface area contributed by atoms with Crippen molar-refractivity contribution in [1.82, 2.24) is 15.0 Å². The summed E-state index contributed by atoms with van der Waals surface area (Å²) in [4.78, 5) is 11.9. The summed E-state index contributed by atoms with van der Waals surface area (Å²) in [6.45, 7) is 2.63. The second-order valence-corrected chi connectivity index (χ2v) is 3.33. The van der Waals surface area contributed by atoms with Crippen molar-refractivity contribution >= 4 is 5.95 Å². The lowest BCUT2D eigenvalue weighted by Gasteiger charge is -2.08. The Hall–Kier alpha value is -1.63. The second-order valence-electron chi connectivity index (χ2n) is 3.33. The van der Waals surface area contributed by atoms with Crippen molar-refractivity contribution in [2.75, 3.05) is 26.1 Å². The lowest BCUT2D eigenvalue weighted by atomic mass is 10.2. The number of aromatic nitrogens is 3. The fourth-order valence-electron chi connectivity index (χ4n) is 1.01. The molecular weight excluding hydrogens is 210 g/mol. The molecule has 1 unspecified atom stereocenters. The van der Waals surface area contributed by atoms with E-state index in [-0.39, 0.29) is 18.1 Å². The van der Waals surface area contributed by atoms with E-state index in [1.54, 1.807) is 0 Å². The smallest absolute Gasteiger partial charge is 0.324 e. The van der Waals surface area contributed by atoms with Crippen LogP contribution in [0.2, 0.25) is 0 Å². The number of nitrogens with zero attached hydrogens (tertiary/aromatic N) is 3. The SMILES string of the molecule is COc1nc(NCCC(C)N)nc(OC)n1. The minimum Gasteiger partial charge on any atom is -0.467 e. The fourth-order valence-corrected chi connectivity index (χ4v) is 1.01. The summed E-state index contributed by atoms with van der Waals surface area (Å²) in [5.41, 5.74) is 5.63. The summed E-state index contributed by atoms with van der Waals surface area (Å²) in [6, 6.07) is 0.573. The first kappa shape index (κ1) is 12.4. The molecule has 0 amide bonds. The van der Waals surface area contributed by atoms with Crippen molar-refractivity contribution in [3.05, 3.63) is 0 Å². The highest BCUT2D eigenvalue weighted by Gasteiger charge is 2.06. The van der Waals surface area contributed by atoms with Gasteiger partial charge >= 0.3 is 12.0 Å². The van der Waals surface area contributed by atoms with Crippen LogP contribution in [0, 0.1) is 0 Å². The first-order chi connectivity index (χ1) is 7.65. The maximum absolute atomic E-state index is 5.63. The highest BCUT2D eigenvalue weighted by atomic mass is 16.5. The Bertz CT molecular complexity index is 309. The summed E-state index contributed by atoms with van der Waals surface area (Å²) in [6.07, 6.45) is 0.830. The highest BCUT2D eigenvalue weighted by molar-refractivity contribution is 5.27. The van der Waals surface area contributed by atoms with E-state index in [2.05, 4.69) is 20.3 Å². The molecule has 0 aliphatic heterocycles. The van der Waals surface area contributed by atoms with E-state index in [9.17, 15) is 0 Å². The van der Waals surface area contributed by atoms with E-state index in [1.165, 1.54) is 14.2 Å². The van der Waals surface area contributed by atoms with Gasteiger partial charge in [0.05, 0.1) is 14.2 Å². The quantitative estimate of drug-likeness (QED) is 0.708. The number of nitrogens with two attached hydrogens (primary N) is 1. The number of nitrogens with one attached hydrogen (secondary N) is 1.